The third-order valence-electron chi connectivity index (χ3n) is 3.68. The van der Waals surface area contributed by atoms with Crippen molar-refractivity contribution in [3.05, 3.63) is 75.7 Å². The minimum atomic E-state index is -4.37. The van der Waals surface area contributed by atoms with Crippen LogP contribution in [0.4, 0.5) is 17.6 Å². The van der Waals surface area contributed by atoms with Crippen LogP contribution in [-0.4, -0.2) is 17.4 Å². The second-order valence-corrected chi connectivity index (χ2v) is 6.40. The Morgan fingerprint density at radius 1 is 1.04 bits per heavy atom. The molecule has 0 saturated carbocycles. The van der Waals surface area contributed by atoms with Crippen molar-refractivity contribution < 1.29 is 17.6 Å². The molecule has 2 aromatic carbocycles. The summed E-state index contributed by atoms with van der Waals surface area (Å²) < 4.78 is 52.8. The molecule has 0 radical (unpaired) electrons. The van der Waals surface area contributed by atoms with Gasteiger partial charge in [0.25, 0.3) is 0 Å². The molecule has 0 N–H and O–H groups in total. The zero-order chi connectivity index (χ0) is 19.4. The first-order chi connectivity index (χ1) is 12.9. The predicted molar refractivity (Wildman–Crippen MR) is 98.2 cm³/mol. The zero-order valence-electron chi connectivity index (χ0n) is 14.2. The number of rotatable bonds is 4. The molecule has 0 aliphatic heterocycles. The van der Waals surface area contributed by atoms with E-state index in [1.165, 1.54) is 41.8 Å². The van der Waals surface area contributed by atoms with Gasteiger partial charge in [-0.3, -0.25) is 4.99 Å². The van der Waals surface area contributed by atoms with E-state index in [4.69, 9.17) is 0 Å². The van der Waals surface area contributed by atoms with E-state index in [-0.39, 0.29) is 5.82 Å². The summed E-state index contributed by atoms with van der Waals surface area (Å²) in [6.45, 7) is 2.44. The fourth-order valence-corrected chi connectivity index (χ4v) is 3.26. The van der Waals surface area contributed by atoms with Gasteiger partial charge in [-0.2, -0.15) is 18.3 Å². The van der Waals surface area contributed by atoms with Gasteiger partial charge in [0.1, 0.15) is 5.82 Å². The van der Waals surface area contributed by atoms with Crippen LogP contribution < -0.4 is 4.80 Å². The van der Waals surface area contributed by atoms with E-state index in [0.29, 0.717) is 16.9 Å². The number of alkyl halides is 3. The Bertz CT molecular complexity index is 997. The Balaban J connectivity index is 1.98. The van der Waals surface area contributed by atoms with Crippen molar-refractivity contribution in [1.29, 1.82) is 0 Å². The van der Waals surface area contributed by atoms with E-state index in [9.17, 15) is 17.6 Å². The van der Waals surface area contributed by atoms with Crippen molar-refractivity contribution in [2.45, 2.75) is 13.1 Å². The Labute approximate surface area is 156 Å². The minimum Gasteiger partial charge on any atom is -0.258 e. The molecule has 0 bridgehead atoms. The number of hydrogen-bond donors (Lipinski definition) is 0. The standard InChI is InChI=1S/C19H15F4N3S/c1-2-24-18-26(17(12-27-18)14-5-9-16(20)10-6-14)25-11-13-3-7-15(8-4-13)19(21,22)23/h3-12H,2H2,1H3. The molecule has 1 heterocycles. The molecule has 3 aromatic rings. The van der Waals surface area contributed by atoms with Gasteiger partial charge < -0.3 is 0 Å². The van der Waals surface area contributed by atoms with Gasteiger partial charge in [-0.05, 0) is 48.9 Å². The van der Waals surface area contributed by atoms with Crippen molar-refractivity contribution in [1.82, 2.24) is 4.68 Å². The molecule has 1 aromatic heterocycles. The normalized spacial score (nSPS) is 12.9. The first-order valence-electron chi connectivity index (χ1n) is 8.07. The predicted octanol–water partition coefficient (Wildman–Crippen LogP) is 5.18. The summed E-state index contributed by atoms with van der Waals surface area (Å²) in [5.74, 6) is -0.341. The zero-order valence-corrected chi connectivity index (χ0v) is 15.1. The van der Waals surface area contributed by atoms with Crippen LogP contribution in [0.3, 0.4) is 0 Å². The Morgan fingerprint density at radius 2 is 1.70 bits per heavy atom. The van der Waals surface area contributed by atoms with E-state index in [1.54, 1.807) is 16.8 Å². The summed E-state index contributed by atoms with van der Waals surface area (Å²) >= 11 is 1.38. The topological polar surface area (TPSA) is 29.6 Å². The number of nitrogens with zero attached hydrogens (tertiary/aromatic N) is 3. The monoisotopic (exact) mass is 393 g/mol. The Kier molecular flexibility index (Phi) is 5.55. The average Bonchev–Trinajstić information content (AvgIpc) is 3.03. The van der Waals surface area contributed by atoms with Crippen LogP contribution in [0.15, 0.2) is 64.0 Å². The lowest BCUT2D eigenvalue weighted by Crippen LogP contribution is -2.12. The molecule has 0 fully saturated rings. The highest BCUT2D eigenvalue weighted by molar-refractivity contribution is 7.07. The molecule has 27 heavy (non-hydrogen) atoms. The second kappa shape index (κ2) is 7.87. The molecule has 0 unspecified atom stereocenters. The SMILES string of the molecule is CCN=c1scc(-c2ccc(F)cc2)n1N=Cc1ccc(C(F)(F)F)cc1. The molecule has 0 amide bonds. The summed E-state index contributed by atoms with van der Waals surface area (Å²) in [6, 6.07) is 10.7. The molecular weight excluding hydrogens is 378 g/mol. The van der Waals surface area contributed by atoms with Gasteiger partial charge in [0.2, 0.25) is 4.80 Å². The lowest BCUT2D eigenvalue weighted by Gasteiger charge is -2.06. The molecule has 0 aliphatic rings. The Hall–Kier alpha value is -2.74. The molecule has 140 valence electrons. The summed E-state index contributed by atoms with van der Waals surface area (Å²) in [5, 5.41) is 6.23. The molecule has 0 spiro atoms. The summed E-state index contributed by atoms with van der Waals surface area (Å²) in [7, 11) is 0. The van der Waals surface area contributed by atoms with Crippen molar-refractivity contribution in [2.24, 2.45) is 10.1 Å². The van der Waals surface area contributed by atoms with Crippen molar-refractivity contribution in [2.75, 3.05) is 6.54 Å². The maximum Gasteiger partial charge on any atom is 0.416 e. The largest absolute Gasteiger partial charge is 0.416 e. The number of hydrogen-bond acceptors (Lipinski definition) is 3. The number of halogens is 4. The quantitative estimate of drug-likeness (QED) is 0.432. The van der Waals surface area contributed by atoms with E-state index in [2.05, 4.69) is 10.1 Å². The highest BCUT2D eigenvalue weighted by atomic mass is 32.1. The second-order valence-electron chi connectivity index (χ2n) is 5.56. The first kappa shape index (κ1) is 19.0. The maximum atomic E-state index is 13.2. The van der Waals surface area contributed by atoms with E-state index in [0.717, 1.165) is 23.4 Å². The van der Waals surface area contributed by atoms with Gasteiger partial charge in [-0.25, -0.2) is 9.07 Å². The first-order valence-corrected chi connectivity index (χ1v) is 8.95. The van der Waals surface area contributed by atoms with Crippen molar-refractivity contribution >= 4 is 17.6 Å². The van der Waals surface area contributed by atoms with Gasteiger partial charge in [0, 0.05) is 17.5 Å². The Morgan fingerprint density at radius 3 is 2.30 bits per heavy atom. The third-order valence-corrected chi connectivity index (χ3v) is 4.53. The van der Waals surface area contributed by atoms with Crippen LogP contribution in [0.25, 0.3) is 11.3 Å². The third kappa shape index (κ3) is 4.51. The van der Waals surface area contributed by atoms with Gasteiger partial charge in [0.05, 0.1) is 17.5 Å². The molecule has 0 atom stereocenters. The van der Waals surface area contributed by atoms with Gasteiger partial charge >= 0.3 is 6.18 Å². The lowest BCUT2D eigenvalue weighted by atomic mass is 10.1. The minimum absolute atomic E-state index is 0.341. The van der Waals surface area contributed by atoms with Gasteiger partial charge in [0.15, 0.2) is 0 Å². The van der Waals surface area contributed by atoms with Gasteiger partial charge in [-0.15, -0.1) is 11.3 Å². The van der Waals surface area contributed by atoms with E-state index < -0.39 is 11.7 Å². The van der Waals surface area contributed by atoms with Crippen molar-refractivity contribution in [3.63, 3.8) is 0 Å². The summed E-state index contributed by atoms with van der Waals surface area (Å²) in [5.41, 5.74) is 1.29. The molecule has 0 saturated heterocycles. The van der Waals surface area contributed by atoms with Crippen LogP contribution in [-0.2, 0) is 6.18 Å². The number of benzene rings is 2. The molecular formula is C19H15F4N3S. The van der Waals surface area contributed by atoms with Crippen LogP contribution >= 0.6 is 11.3 Å². The fraction of sp³-hybridized carbons (Fsp3) is 0.158. The average molecular weight is 393 g/mol. The molecule has 0 aliphatic carbocycles. The molecule has 3 nitrogen and oxygen atoms in total. The number of aromatic nitrogens is 1. The molecule has 3 rings (SSSR count). The highest BCUT2D eigenvalue weighted by Crippen LogP contribution is 2.29. The highest BCUT2D eigenvalue weighted by Gasteiger charge is 2.29. The van der Waals surface area contributed by atoms with Crippen LogP contribution in [0.1, 0.15) is 18.1 Å². The van der Waals surface area contributed by atoms with Crippen molar-refractivity contribution in [3.8, 4) is 11.3 Å². The van der Waals surface area contributed by atoms with Crippen LogP contribution in [0.5, 0.6) is 0 Å². The fourth-order valence-electron chi connectivity index (χ4n) is 2.36. The number of thiazole rings is 1. The van der Waals surface area contributed by atoms with Crippen LogP contribution in [0, 0.1) is 5.82 Å². The lowest BCUT2D eigenvalue weighted by molar-refractivity contribution is -0.137. The summed E-state index contributed by atoms with van der Waals surface area (Å²) in [6.07, 6.45) is -2.91. The molecule has 8 heteroatoms. The van der Waals surface area contributed by atoms with Gasteiger partial charge in [-0.1, -0.05) is 12.1 Å². The maximum absolute atomic E-state index is 13.2. The van der Waals surface area contributed by atoms with E-state index >= 15 is 0 Å². The summed E-state index contributed by atoms with van der Waals surface area (Å²) in [4.78, 5) is 5.01. The van der Waals surface area contributed by atoms with Crippen LogP contribution in [0.2, 0.25) is 0 Å². The smallest absolute Gasteiger partial charge is 0.258 e. The van der Waals surface area contributed by atoms with E-state index in [1.807, 2.05) is 12.3 Å².